The van der Waals surface area contributed by atoms with E-state index in [1.165, 1.54) is 20.0 Å². The lowest BCUT2D eigenvalue weighted by Crippen LogP contribution is -2.44. The van der Waals surface area contributed by atoms with Crippen LogP contribution in [0, 0.1) is 5.92 Å². The Labute approximate surface area is 168 Å². The molecule has 1 aliphatic heterocycles. The summed E-state index contributed by atoms with van der Waals surface area (Å²) in [5, 5.41) is 1.26. The summed E-state index contributed by atoms with van der Waals surface area (Å²) >= 11 is 12.2. The van der Waals surface area contributed by atoms with Crippen LogP contribution < -0.4 is 0 Å². The SMILES string of the molecule is COC(=O)[C@]1(c2ccc(Cl)cc2)N=CN(CC2CC2)[C@H]1c1ccc(Cl)cc1. The van der Waals surface area contributed by atoms with E-state index in [9.17, 15) is 4.79 Å². The quantitative estimate of drug-likeness (QED) is 0.670. The molecule has 0 unspecified atom stereocenters. The van der Waals surface area contributed by atoms with Crippen molar-refractivity contribution in [2.45, 2.75) is 24.4 Å². The second-order valence-electron chi connectivity index (χ2n) is 7.10. The standard InChI is InChI=1S/C21H20Cl2N2O2/c1-27-20(26)21(16-6-10-18(23)11-7-16)19(15-4-8-17(22)9-5-15)25(13-24-21)12-14-2-3-14/h4-11,13-14,19H,2-3,12H2,1H3/t19-,21+/m0/s1. The molecule has 0 amide bonds. The molecule has 6 heteroatoms. The third-order valence-corrected chi connectivity index (χ3v) is 5.77. The maximum absolute atomic E-state index is 13.1. The van der Waals surface area contributed by atoms with Gasteiger partial charge in [-0.1, -0.05) is 47.5 Å². The molecule has 2 aliphatic rings. The highest BCUT2D eigenvalue weighted by Crippen LogP contribution is 2.48. The Morgan fingerprint density at radius 2 is 1.70 bits per heavy atom. The van der Waals surface area contributed by atoms with Gasteiger partial charge in [0.05, 0.1) is 19.5 Å². The smallest absolute Gasteiger partial charge is 0.341 e. The molecule has 0 saturated heterocycles. The van der Waals surface area contributed by atoms with Crippen molar-refractivity contribution in [3.63, 3.8) is 0 Å². The van der Waals surface area contributed by atoms with E-state index in [-0.39, 0.29) is 12.0 Å². The normalized spacial score (nSPS) is 24.3. The maximum Gasteiger partial charge on any atom is 0.341 e. The van der Waals surface area contributed by atoms with Crippen molar-refractivity contribution in [2.75, 3.05) is 13.7 Å². The predicted molar refractivity (Wildman–Crippen MR) is 107 cm³/mol. The van der Waals surface area contributed by atoms with Crippen LogP contribution in [0.3, 0.4) is 0 Å². The minimum absolute atomic E-state index is 0.302. The number of ether oxygens (including phenoxy) is 1. The van der Waals surface area contributed by atoms with E-state index in [1.54, 1.807) is 18.5 Å². The van der Waals surface area contributed by atoms with Crippen LogP contribution >= 0.6 is 23.2 Å². The molecule has 2 aromatic carbocycles. The summed E-state index contributed by atoms with van der Waals surface area (Å²) in [6.45, 7) is 0.864. The van der Waals surface area contributed by atoms with Crippen LogP contribution in [0.5, 0.6) is 0 Å². The number of carbonyl (C=O) groups is 1. The average Bonchev–Trinajstić information content (AvgIpc) is 3.42. The number of carbonyl (C=O) groups excluding carboxylic acids is 1. The van der Waals surface area contributed by atoms with Crippen molar-refractivity contribution >= 4 is 35.5 Å². The molecule has 1 fully saturated rings. The topological polar surface area (TPSA) is 41.9 Å². The third-order valence-electron chi connectivity index (χ3n) is 5.27. The van der Waals surface area contributed by atoms with Crippen LogP contribution in [-0.4, -0.2) is 30.9 Å². The van der Waals surface area contributed by atoms with E-state index in [2.05, 4.69) is 4.90 Å². The fourth-order valence-corrected chi connectivity index (χ4v) is 4.00. The van der Waals surface area contributed by atoms with Crippen LogP contribution in [0.15, 0.2) is 53.5 Å². The first-order chi connectivity index (χ1) is 13.0. The Morgan fingerprint density at radius 1 is 1.11 bits per heavy atom. The summed E-state index contributed by atoms with van der Waals surface area (Å²) in [5.41, 5.74) is 0.549. The number of aliphatic imine (C=N–C) groups is 1. The molecule has 0 aromatic heterocycles. The van der Waals surface area contributed by atoms with Gasteiger partial charge in [0.25, 0.3) is 0 Å². The minimum atomic E-state index is -1.18. The summed E-state index contributed by atoms with van der Waals surface area (Å²) in [7, 11) is 1.40. The van der Waals surface area contributed by atoms with Gasteiger partial charge in [0.15, 0.2) is 0 Å². The molecule has 0 spiro atoms. The summed E-state index contributed by atoms with van der Waals surface area (Å²) in [6.07, 6.45) is 4.22. The summed E-state index contributed by atoms with van der Waals surface area (Å²) in [4.78, 5) is 20.0. The minimum Gasteiger partial charge on any atom is -0.467 e. The van der Waals surface area contributed by atoms with E-state index >= 15 is 0 Å². The van der Waals surface area contributed by atoms with Crippen LogP contribution in [-0.2, 0) is 15.1 Å². The summed E-state index contributed by atoms with van der Waals surface area (Å²) < 4.78 is 5.23. The Morgan fingerprint density at radius 3 is 2.26 bits per heavy atom. The van der Waals surface area contributed by atoms with Gasteiger partial charge < -0.3 is 9.64 Å². The van der Waals surface area contributed by atoms with Crippen molar-refractivity contribution in [1.82, 2.24) is 4.90 Å². The zero-order valence-electron chi connectivity index (χ0n) is 14.9. The second kappa shape index (κ2) is 7.17. The second-order valence-corrected chi connectivity index (χ2v) is 7.98. The van der Waals surface area contributed by atoms with Gasteiger partial charge in [-0.25, -0.2) is 9.79 Å². The molecule has 0 N–H and O–H groups in total. The molecule has 1 aliphatic carbocycles. The van der Waals surface area contributed by atoms with Gasteiger partial charge in [-0.05, 0) is 54.2 Å². The van der Waals surface area contributed by atoms with Crippen molar-refractivity contribution < 1.29 is 9.53 Å². The first kappa shape index (κ1) is 18.3. The third kappa shape index (κ3) is 3.32. The van der Waals surface area contributed by atoms with E-state index in [1.807, 2.05) is 36.4 Å². The van der Waals surface area contributed by atoms with E-state index in [0.29, 0.717) is 16.0 Å². The van der Waals surface area contributed by atoms with Gasteiger partial charge in [0.1, 0.15) is 0 Å². The largest absolute Gasteiger partial charge is 0.467 e. The summed E-state index contributed by atoms with van der Waals surface area (Å²) in [6, 6.07) is 14.5. The Balaban J connectivity index is 1.85. The van der Waals surface area contributed by atoms with E-state index in [4.69, 9.17) is 32.9 Å². The fraction of sp³-hybridized carbons (Fsp3) is 0.333. The molecule has 0 bridgehead atoms. The number of nitrogens with zero attached hydrogens (tertiary/aromatic N) is 2. The van der Waals surface area contributed by atoms with E-state index in [0.717, 1.165) is 17.7 Å². The number of rotatable bonds is 5. The Hall–Kier alpha value is -2.04. The van der Waals surface area contributed by atoms with Crippen LogP contribution in [0.1, 0.15) is 30.0 Å². The lowest BCUT2D eigenvalue weighted by atomic mass is 9.79. The zero-order chi connectivity index (χ0) is 19.0. The molecule has 140 valence electrons. The molecule has 2 aromatic rings. The number of esters is 1. The van der Waals surface area contributed by atoms with Crippen LogP contribution in [0.4, 0.5) is 0 Å². The first-order valence-electron chi connectivity index (χ1n) is 8.95. The highest BCUT2D eigenvalue weighted by atomic mass is 35.5. The highest BCUT2D eigenvalue weighted by molar-refractivity contribution is 6.30. The average molecular weight is 403 g/mol. The number of hydrogen-bond acceptors (Lipinski definition) is 4. The van der Waals surface area contributed by atoms with Gasteiger partial charge in [-0.3, -0.25) is 0 Å². The van der Waals surface area contributed by atoms with Gasteiger partial charge in [-0.2, -0.15) is 0 Å². The molecule has 27 heavy (non-hydrogen) atoms. The lowest BCUT2D eigenvalue weighted by molar-refractivity contribution is -0.149. The van der Waals surface area contributed by atoms with Gasteiger partial charge in [0, 0.05) is 16.6 Å². The van der Waals surface area contributed by atoms with Gasteiger partial charge in [-0.15, -0.1) is 0 Å². The Kier molecular flexibility index (Phi) is 4.87. The molecule has 1 heterocycles. The monoisotopic (exact) mass is 402 g/mol. The van der Waals surface area contributed by atoms with Gasteiger partial charge >= 0.3 is 5.97 Å². The summed E-state index contributed by atoms with van der Waals surface area (Å²) in [5.74, 6) is 0.254. The maximum atomic E-state index is 13.1. The van der Waals surface area contributed by atoms with Crippen molar-refractivity contribution in [3.05, 3.63) is 69.7 Å². The molecule has 1 saturated carbocycles. The fourth-order valence-electron chi connectivity index (χ4n) is 3.75. The van der Waals surface area contributed by atoms with Gasteiger partial charge in [0.2, 0.25) is 5.54 Å². The molecule has 2 atom stereocenters. The number of methoxy groups -OCH3 is 1. The molecule has 4 rings (SSSR count). The van der Waals surface area contributed by atoms with Crippen LogP contribution in [0.2, 0.25) is 10.0 Å². The molecular weight excluding hydrogens is 383 g/mol. The number of hydrogen-bond donors (Lipinski definition) is 0. The Bertz CT molecular complexity index is 863. The number of benzene rings is 2. The van der Waals surface area contributed by atoms with E-state index < -0.39 is 5.54 Å². The lowest BCUT2D eigenvalue weighted by Gasteiger charge is -2.36. The highest BCUT2D eigenvalue weighted by Gasteiger charge is 2.55. The molecule has 0 radical (unpaired) electrons. The first-order valence-corrected chi connectivity index (χ1v) is 9.71. The zero-order valence-corrected chi connectivity index (χ0v) is 16.5. The molecular formula is C21H20Cl2N2O2. The van der Waals surface area contributed by atoms with Crippen molar-refractivity contribution in [3.8, 4) is 0 Å². The molecule has 4 nitrogen and oxygen atoms in total. The number of halogens is 2. The van der Waals surface area contributed by atoms with Crippen LogP contribution in [0.25, 0.3) is 0 Å². The van der Waals surface area contributed by atoms with Crippen molar-refractivity contribution in [2.24, 2.45) is 10.9 Å². The van der Waals surface area contributed by atoms with Crippen molar-refractivity contribution in [1.29, 1.82) is 0 Å². The predicted octanol–water partition coefficient (Wildman–Crippen LogP) is 4.86.